The van der Waals surface area contributed by atoms with Gasteiger partial charge in [-0.1, -0.05) is 6.07 Å². The van der Waals surface area contributed by atoms with Crippen molar-refractivity contribution in [3.05, 3.63) is 71.8 Å². The molecule has 1 aliphatic rings. The lowest BCUT2D eigenvalue weighted by molar-refractivity contribution is 0.0932. The molecule has 0 aliphatic carbocycles. The molecule has 28 heavy (non-hydrogen) atoms. The normalized spacial score (nSPS) is 16.8. The highest BCUT2D eigenvalue weighted by Gasteiger charge is 2.23. The lowest BCUT2D eigenvalue weighted by atomic mass is 10.0. The van der Waals surface area contributed by atoms with Gasteiger partial charge < -0.3 is 10.2 Å². The largest absolute Gasteiger partial charge is 0.353 e. The Hall–Kier alpha value is -3.22. The van der Waals surface area contributed by atoms with Crippen LogP contribution in [0.1, 0.15) is 23.2 Å². The Morgan fingerprint density at radius 3 is 2.71 bits per heavy atom. The van der Waals surface area contributed by atoms with E-state index in [0.29, 0.717) is 12.1 Å². The van der Waals surface area contributed by atoms with Crippen molar-refractivity contribution in [1.82, 2.24) is 15.5 Å². The third kappa shape index (κ3) is 4.03. The van der Waals surface area contributed by atoms with Gasteiger partial charge in [-0.05, 0) is 60.9 Å². The predicted molar refractivity (Wildman–Crippen MR) is 103 cm³/mol. The van der Waals surface area contributed by atoms with Gasteiger partial charge >= 0.3 is 0 Å². The Labute approximate surface area is 161 Å². The molecule has 0 spiro atoms. The topological polar surface area (TPSA) is 61.0 Å². The smallest absolute Gasteiger partial charge is 0.251 e. The zero-order valence-corrected chi connectivity index (χ0v) is 15.2. The van der Waals surface area contributed by atoms with Gasteiger partial charge in [0, 0.05) is 30.8 Å². The van der Waals surface area contributed by atoms with Crippen molar-refractivity contribution >= 4 is 11.7 Å². The van der Waals surface area contributed by atoms with Crippen LogP contribution >= 0.6 is 0 Å². The minimum atomic E-state index is -0.428. The highest BCUT2D eigenvalue weighted by atomic mass is 19.1. The minimum absolute atomic E-state index is 0.0458. The van der Waals surface area contributed by atoms with Crippen LogP contribution in [0, 0.1) is 11.6 Å². The fraction of sp³-hybridized carbons (Fsp3) is 0.238. The number of benzene rings is 2. The maximum absolute atomic E-state index is 13.3. The van der Waals surface area contributed by atoms with E-state index >= 15 is 0 Å². The number of rotatable bonds is 4. The van der Waals surface area contributed by atoms with Crippen molar-refractivity contribution in [1.29, 1.82) is 0 Å². The molecular formula is C21H20F2N4O. The maximum Gasteiger partial charge on any atom is 0.251 e. The molecule has 5 nitrogen and oxygen atoms in total. The van der Waals surface area contributed by atoms with Gasteiger partial charge in [0.15, 0.2) is 5.82 Å². The first-order valence-corrected chi connectivity index (χ1v) is 9.21. The van der Waals surface area contributed by atoms with Gasteiger partial charge in [0.05, 0.1) is 5.69 Å². The van der Waals surface area contributed by atoms with E-state index in [-0.39, 0.29) is 17.8 Å². The highest BCUT2D eigenvalue weighted by molar-refractivity contribution is 5.94. The van der Waals surface area contributed by atoms with E-state index in [4.69, 9.17) is 0 Å². The van der Waals surface area contributed by atoms with E-state index in [2.05, 4.69) is 20.4 Å². The van der Waals surface area contributed by atoms with Crippen molar-refractivity contribution < 1.29 is 13.6 Å². The second-order valence-corrected chi connectivity index (χ2v) is 6.92. The molecular weight excluding hydrogens is 362 g/mol. The molecule has 0 radical (unpaired) electrons. The van der Waals surface area contributed by atoms with Crippen LogP contribution in [0.3, 0.4) is 0 Å². The highest BCUT2D eigenvalue weighted by Crippen LogP contribution is 2.24. The van der Waals surface area contributed by atoms with Gasteiger partial charge in [0.25, 0.3) is 5.91 Å². The van der Waals surface area contributed by atoms with Crippen molar-refractivity contribution in [3.63, 3.8) is 0 Å². The number of H-pyrrole nitrogens is 1. The zero-order valence-electron chi connectivity index (χ0n) is 15.2. The number of carbonyl (C=O) groups excluding carboxylic acids is 1. The molecule has 1 fully saturated rings. The molecule has 1 saturated heterocycles. The quantitative estimate of drug-likeness (QED) is 0.722. The molecule has 3 aromatic rings. The van der Waals surface area contributed by atoms with E-state index in [1.807, 2.05) is 6.07 Å². The standard InChI is InChI=1S/C21H20F2N4O/c22-16-8-6-14(7-9-16)19-12-20(26-25-19)27-10-2-5-18(13-27)24-21(28)15-3-1-4-17(23)11-15/h1,3-4,6-9,11-12,18H,2,5,10,13H2,(H,24,28)(H,25,26)/t18-/m1/s1. The van der Waals surface area contributed by atoms with E-state index in [1.54, 1.807) is 18.2 Å². The fourth-order valence-electron chi connectivity index (χ4n) is 3.45. The lowest BCUT2D eigenvalue weighted by Gasteiger charge is -2.33. The molecule has 1 aromatic heterocycles. The molecule has 1 amide bonds. The van der Waals surface area contributed by atoms with Gasteiger partial charge in [-0.2, -0.15) is 5.10 Å². The van der Waals surface area contributed by atoms with Crippen molar-refractivity contribution in [3.8, 4) is 11.3 Å². The predicted octanol–water partition coefficient (Wildman–Crippen LogP) is 3.75. The van der Waals surface area contributed by atoms with Crippen LogP contribution < -0.4 is 10.2 Å². The summed E-state index contributed by atoms with van der Waals surface area (Å²) in [5.41, 5.74) is 1.98. The van der Waals surface area contributed by atoms with Crippen LogP contribution in [0.2, 0.25) is 0 Å². The Kier molecular flexibility index (Phi) is 5.06. The number of halogens is 2. The molecule has 0 unspecified atom stereocenters. The molecule has 1 atom stereocenters. The summed E-state index contributed by atoms with van der Waals surface area (Å²) in [6.07, 6.45) is 1.76. The van der Waals surface area contributed by atoms with Crippen LogP contribution in [-0.4, -0.2) is 35.2 Å². The minimum Gasteiger partial charge on any atom is -0.353 e. The summed E-state index contributed by atoms with van der Waals surface area (Å²) in [6, 6.07) is 13.8. The van der Waals surface area contributed by atoms with Crippen molar-refractivity contribution in [2.45, 2.75) is 18.9 Å². The Morgan fingerprint density at radius 2 is 1.93 bits per heavy atom. The molecule has 4 rings (SSSR count). The summed E-state index contributed by atoms with van der Waals surface area (Å²) in [6.45, 7) is 1.45. The van der Waals surface area contributed by atoms with Gasteiger partial charge in [-0.15, -0.1) is 0 Å². The SMILES string of the molecule is O=C(N[C@@H]1CCCN(c2cc(-c3ccc(F)cc3)[nH]n2)C1)c1cccc(F)c1. The summed E-state index contributed by atoms with van der Waals surface area (Å²) in [4.78, 5) is 14.5. The number of hydrogen-bond donors (Lipinski definition) is 2. The van der Waals surface area contributed by atoms with Gasteiger partial charge in [-0.3, -0.25) is 9.89 Å². The molecule has 0 saturated carbocycles. The van der Waals surface area contributed by atoms with Crippen LogP contribution in [0.25, 0.3) is 11.3 Å². The molecule has 2 heterocycles. The second kappa shape index (κ2) is 7.80. The number of piperidine rings is 1. The lowest BCUT2D eigenvalue weighted by Crippen LogP contribution is -2.48. The van der Waals surface area contributed by atoms with Crippen molar-refractivity contribution in [2.75, 3.05) is 18.0 Å². The summed E-state index contributed by atoms with van der Waals surface area (Å²) in [5, 5.41) is 10.3. The van der Waals surface area contributed by atoms with Gasteiger partial charge in [0.1, 0.15) is 11.6 Å². The average Bonchev–Trinajstić information content (AvgIpc) is 3.19. The van der Waals surface area contributed by atoms with Crippen LogP contribution in [0.5, 0.6) is 0 Å². The third-order valence-electron chi connectivity index (χ3n) is 4.89. The number of aromatic nitrogens is 2. The number of hydrogen-bond acceptors (Lipinski definition) is 3. The maximum atomic E-state index is 13.3. The first kappa shape index (κ1) is 18.2. The molecule has 0 bridgehead atoms. The number of amides is 1. The summed E-state index contributed by atoms with van der Waals surface area (Å²) in [5.74, 6) is -0.205. The Bertz CT molecular complexity index is 971. The summed E-state index contributed by atoms with van der Waals surface area (Å²) < 4.78 is 26.4. The Balaban J connectivity index is 1.42. The molecule has 144 valence electrons. The summed E-state index contributed by atoms with van der Waals surface area (Å²) >= 11 is 0. The first-order chi connectivity index (χ1) is 13.6. The number of nitrogens with zero attached hydrogens (tertiary/aromatic N) is 2. The van der Waals surface area contributed by atoms with E-state index in [9.17, 15) is 13.6 Å². The van der Waals surface area contributed by atoms with Crippen LogP contribution in [-0.2, 0) is 0 Å². The van der Waals surface area contributed by atoms with Crippen molar-refractivity contribution in [2.24, 2.45) is 0 Å². The number of anilines is 1. The number of carbonyl (C=O) groups is 1. The molecule has 2 aromatic carbocycles. The Morgan fingerprint density at radius 1 is 1.11 bits per heavy atom. The van der Waals surface area contributed by atoms with Crippen LogP contribution in [0.15, 0.2) is 54.6 Å². The molecule has 7 heteroatoms. The molecule has 2 N–H and O–H groups in total. The zero-order chi connectivity index (χ0) is 19.5. The first-order valence-electron chi connectivity index (χ1n) is 9.21. The van der Waals surface area contributed by atoms with E-state index in [1.165, 1.54) is 30.3 Å². The number of aromatic amines is 1. The second-order valence-electron chi connectivity index (χ2n) is 6.92. The summed E-state index contributed by atoms with van der Waals surface area (Å²) in [7, 11) is 0. The monoisotopic (exact) mass is 382 g/mol. The van der Waals surface area contributed by atoms with Crippen LogP contribution in [0.4, 0.5) is 14.6 Å². The van der Waals surface area contributed by atoms with E-state index in [0.717, 1.165) is 36.5 Å². The molecule has 1 aliphatic heterocycles. The fourth-order valence-corrected chi connectivity index (χ4v) is 3.45. The van der Waals surface area contributed by atoms with Gasteiger partial charge in [-0.25, -0.2) is 8.78 Å². The average molecular weight is 382 g/mol. The van der Waals surface area contributed by atoms with E-state index < -0.39 is 5.82 Å². The number of nitrogens with one attached hydrogen (secondary N) is 2. The third-order valence-corrected chi connectivity index (χ3v) is 4.89. The van der Waals surface area contributed by atoms with Gasteiger partial charge in [0.2, 0.25) is 0 Å².